The molecule has 0 fully saturated rings. The van der Waals surface area contributed by atoms with Crippen molar-refractivity contribution in [3.8, 4) is 11.3 Å². The Balaban J connectivity index is 1.72. The Labute approximate surface area is 173 Å². The Morgan fingerprint density at radius 3 is 2.31 bits per heavy atom. The first-order valence-corrected chi connectivity index (χ1v) is 9.80. The second-order valence-electron chi connectivity index (χ2n) is 7.19. The maximum Gasteiger partial charge on any atom is 0.277 e. The number of halogens is 1. The highest BCUT2D eigenvalue weighted by Crippen LogP contribution is 2.45. The molecule has 1 aromatic heterocycles. The van der Waals surface area contributed by atoms with Crippen LogP contribution in [-0.2, 0) is 0 Å². The van der Waals surface area contributed by atoms with Crippen LogP contribution < -0.4 is 4.90 Å². The van der Waals surface area contributed by atoms with Gasteiger partial charge in [0.2, 0.25) is 0 Å². The lowest BCUT2D eigenvalue weighted by Crippen LogP contribution is -2.29. The SMILES string of the molecule is Cc1ccc([C@@H]2c3c(-c4ccc(Cl)cc4)n[nH]c3C(=O)N2c2ccccc2)cc1. The predicted molar refractivity (Wildman–Crippen MR) is 115 cm³/mol. The highest BCUT2D eigenvalue weighted by Gasteiger charge is 2.42. The maximum atomic E-state index is 13.4. The highest BCUT2D eigenvalue weighted by molar-refractivity contribution is 6.30. The summed E-state index contributed by atoms with van der Waals surface area (Å²) in [4.78, 5) is 15.2. The van der Waals surface area contributed by atoms with Gasteiger partial charge in [-0.3, -0.25) is 14.8 Å². The van der Waals surface area contributed by atoms with Crippen molar-refractivity contribution >= 4 is 23.2 Å². The number of H-pyrrole nitrogens is 1. The zero-order valence-electron chi connectivity index (χ0n) is 15.8. The first-order chi connectivity index (χ1) is 14.1. The third kappa shape index (κ3) is 2.93. The zero-order chi connectivity index (χ0) is 20.0. The number of aromatic amines is 1. The number of fused-ring (bicyclic) bond motifs is 1. The Morgan fingerprint density at radius 1 is 0.931 bits per heavy atom. The van der Waals surface area contributed by atoms with Crippen LogP contribution in [0.5, 0.6) is 0 Å². The molecule has 0 saturated carbocycles. The molecule has 1 amide bonds. The molecule has 0 radical (unpaired) electrons. The van der Waals surface area contributed by atoms with E-state index < -0.39 is 0 Å². The summed E-state index contributed by atoms with van der Waals surface area (Å²) in [5, 5.41) is 8.14. The number of amides is 1. The molecule has 0 spiro atoms. The number of carbonyl (C=O) groups is 1. The normalized spacial score (nSPS) is 15.6. The number of anilines is 1. The summed E-state index contributed by atoms with van der Waals surface area (Å²) in [5.74, 6) is -0.0792. The van der Waals surface area contributed by atoms with Crippen LogP contribution in [0.3, 0.4) is 0 Å². The molecule has 4 nitrogen and oxygen atoms in total. The monoisotopic (exact) mass is 399 g/mol. The lowest BCUT2D eigenvalue weighted by molar-refractivity contribution is 0.0989. The average molecular weight is 400 g/mol. The Kier molecular flexibility index (Phi) is 4.22. The van der Waals surface area contributed by atoms with E-state index >= 15 is 0 Å². The number of nitrogens with one attached hydrogen (secondary N) is 1. The predicted octanol–water partition coefficient (Wildman–Crippen LogP) is 5.79. The van der Waals surface area contributed by atoms with Crippen LogP contribution >= 0.6 is 11.6 Å². The lowest BCUT2D eigenvalue weighted by atomic mass is 9.95. The van der Waals surface area contributed by atoms with Gasteiger partial charge in [0.15, 0.2) is 0 Å². The topological polar surface area (TPSA) is 49.0 Å². The van der Waals surface area contributed by atoms with E-state index in [2.05, 4.69) is 41.4 Å². The largest absolute Gasteiger partial charge is 0.295 e. The number of hydrogen-bond acceptors (Lipinski definition) is 2. The quantitative estimate of drug-likeness (QED) is 0.474. The van der Waals surface area contributed by atoms with Crippen LogP contribution in [0.1, 0.15) is 33.2 Å². The number of para-hydroxylation sites is 1. The Bertz CT molecular complexity index is 1180. The molecule has 2 heterocycles. The number of nitrogens with zero attached hydrogens (tertiary/aromatic N) is 2. The molecule has 0 aliphatic carbocycles. The molecule has 5 heteroatoms. The Morgan fingerprint density at radius 2 is 1.62 bits per heavy atom. The van der Waals surface area contributed by atoms with Crippen molar-refractivity contribution in [3.05, 3.63) is 106 Å². The summed E-state index contributed by atoms with van der Waals surface area (Å²) < 4.78 is 0. The molecule has 1 N–H and O–H groups in total. The van der Waals surface area contributed by atoms with Gasteiger partial charge in [0.1, 0.15) is 5.69 Å². The van der Waals surface area contributed by atoms with Gasteiger partial charge in [-0.25, -0.2) is 0 Å². The third-order valence-corrected chi connectivity index (χ3v) is 5.57. The Hall–Kier alpha value is -3.37. The van der Waals surface area contributed by atoms with Crippen molar-refractivity contribution in [3.63, 3.8) is 0 Å². The minimum absolute atomic E-state index is 0.0792. The number of aryl methyl sites for hydroxylation is 1. The molecule has 3 aromatic carbocycles. The van der Waals surface area contributed by atoms with Crippen molar-refractivity contribution in [1.82, 2.24) is 10.2 Å². The van der Waals surface area contributed by atoms with Crippen molar-refractivity contribution in [2.75, 3.05) is 4.90 Å². The van der Waals surface area contributed by atoms with Gasteiger partial charge in [-0.15, -0.1) is 0 Å². The summed E-state index contributed by atoms with van der Waals surface area (Å²) in [6.45, 7) is 2.06. The molecule has 142 valence electrons. The molecule has 4 aromatic rings. The van der Waals surface area contributed by atoms with Crippen LogP contribution in [0.4, 0.5) is 5.69 Å². The molecule has 1 aliphatic heterocycles. The summed E-state index contributed by atoms with van der Waals surface area (Å²) >= 11 is 6.07. The van der Waals surface area contributed by atoms with Gasteiger partial charge in [-0.05, 0) is 36.8 Å². The lowest BCUT2D eigenvalue weighted by Gasteiger charge is -2.26. The van der Waals surface area contributed by atoms with Crippen LogP contribution in [0, 0.1) is 6.92 Å². The van der Waals surface area contributed by atoms with E-state index in [9.17, 15) is 4.79 Å². The van der Waals surface area contributed by atoms with Crippen molar-refractivity contribution < 1.29 is 4.79 Å². The summed E-state index contributed by atoms with van der Waals surface area (Å²) in [6, 6.07) is 25.3. The van der Waals surface area contributed by atoms with Crippen molar-refractivity contribution in [2.24, 2.45) is 0 Å². The molecule has 1 aliphatic rings. The van der Waals surface area contributed by atoms with Gasteiger partial charge in [0.05, 0.1) is 11.7 Å². The smallest absolute Gasteiger partial charge is 0.277 e. The van der Waals surface area contributed by atoms with Gasteiger partial charge in [0.25, 0.3) is 5.91 Å². The number of rotatable bonds is 3. The molecular formula is C24H18ClN3O. The van der Waals surface area contributed by atoms with Crippen LogP contribution in [0.15, 0.2) is 78.9 Å². The molecule has 1 atom stereocenters. The first-order valence-electron chi connectivity index (χ1n) is 9.43. The zero-order valence-corrected chi connectivity index (χ0v) is 16.5. The van der Waals surface area contributed by atoms with Gasteiger partial charge < -0.3 is 0 Å². The van der Waals surface area contributed by atoms with Crippen LogP contribution in [0.2, 0.25) is 5.02 Å². The third-order valence-electron chi connectivity index (χ3n) is 5.31. The second kappa shape index (κ2) is 6.90. The molecule has 0 unspecified atom stereocenters. The highest BCUT2D eigenvalue weighted by atomic mass is 35.5. The van der Waals surface area contributed by atoms with E-state index in [0.717, 1.165) is 28.1 Å². The van der Waals surface area contributed by atoms with Crippen molar-refractivity contribution in [1.29, 1.82) is 0 Å². The summed E-state index contributed by atoms with van der Waals surface area (Å²) in [5.41, 5.74) is 6.20. The first kappa shape index (κ1) is 17.7. The van der Waals surface area contributed by atoms with E-state index in [1.807, 2.05) is 59.5 Å². The average Bonchev–Trinajstić information content (AvgIpc) is 3.29. The minimum atomic E-state index is -0.259. The van der Waals surface area contributed by atoms with Gasteiger partial charge in [-0.2, -0.15) is 5.10 Å². The fraction of sp³-hybridized carbons (Fsp3) is 0.0833. The molecule has 0 bridgehead atoms. The molecule has 5 rings (SSSR count). The molecular weight excluding hydrogens is 382 g/mol. The van der Waals surface area contributed by atoms with Crippen LogP contribution in [0.25, 0.3) is 11.3 Å². The molecule has 29 heavy (non-hydrogen) atoms. The van der Waals surface area contributed by atoms with E-state index in [1.165, 1.54) is 5.56 Å². The second-order valence-corrected chi connectivity index (χ2v) is 7.63. The fourth-order valence-corrected chi connectivity index (χ4v) is 4.02. The minimum Gasteiger partial charge on any atom is -0.295 e. The standard InChI is InChI=1S/C24H18ClN3O/c1-15-7-9-17(10-8-15)23-20-21(16-11-13-18(25)14-12-16)26-27-22(20)24(29)28(23)19-5-3-2-4-6-19/h2-14,23H,1H3,(H,26,27)/t23-/m1/s1. The number of carbonyl (C=O) groups excluding carboxylic acids is 1. The number of aromatic nitrogens is 2. The van der Waals surface area contributed by atoms with Gasteiger partial charge in [0, 0.05) is 21.8 Å². The van der Waals surface area contributed by atoms with Gasteiger partial charge >= 0.3 is 0 Å². The van der Waals surface area contributed by atoms with Gasteiger partial charge in [-0.1, -0.05) is 71.8 Å². The van der Waals surface area contributed by atoms with E-state index in [1.54, 1.807) is 0 Å². The summed E-state index contributed by atoms with van der Waals surface area (Å²) in [7, 11) is 0. The fourth-order valence-electron chi connectivity index (χ4n) is 3.89. The van der Waals surface area contributed by atoms with E-state index in [4.69, 9.17) is 11.6 Å². The van der Waals surface area contributed by atoms with Crippen LogP contribution in [-0.4, -0.2) is 16.1 Å². The maximum absolute atomic E-state index is 13.4. The number of benzene rings is 3. The van der Waals surface area contributed by atoms with E-state index in [-0.39, 0.29) is 11.9 Å². The number of hydrogen-bond donors (Lipinski definition) is 1. The molecule has 0 saturated heterocycles. The van der Waals surface area contributed by atoms with Crippen molar-refractivity contribution in [2.45, 2.75) is 13.0 Å². The summed E-state index contributed by atoms with van der Waals surface area (Å²) in [6.07, 6.45) is 0. The van der Waals surface area contributed by atoms with E-state index in [0.29, 0.717) is 10.7 Å².